The van der Waals surface area contributed by atoms with Crippen LogP contribution in [0, 0.1) is 0 Å². The van der Waals surface area contributed by atoms with Crippen molar-refractivity contribution < 1.29 is 14.3 Å². The second-order valence-electron chi connectivity index (χ2n) is 5.34. The zero-order valence-corrected chi connectivity index (χ0v) is 12.7. The van der Waals surface area contributed by atoms with Crippen molar-refractivity contribution in [3.05, 3.63) is 41.2 Å². The Labute approximate surface area is 128 Å². The summed E-state index contributed by atoms with van der Waals surface area (Å²) >= 11 is 0. The average Bonchev–Trinajstić information content (AvgIpc) is 3.29. The molecule has 0 radical (unpaired) electrons. The third kappa shape index (κ3) is 3.05. The summed E-state index contributed by atoms with van der Waals surface area (Å²) in [4.78, 5) is 12.1. The summed E-state index contributed by atoms with van der Waals surface area (Å²) in [6, 6.07) is 7.33. The van der Waals surface area contributed by atoms with E-state index in [4.69, 9.17) is 9.47 Å². The minimum atomic E-state index is -0.193. The smallest absolute Gasteiger partial charge is 0.272 e. The van der Waals surface area contributed by atoms with Gasteiger partial charge in [-0.15, -0.1) is 0 Å². The number of rotatable bonds is 6. The zero-order valence-electron chi connectivity index (χ0n) is 12.7. The molecule has 0 bridgehead atoms. The maximum Gasteiger partial charge on any atom is 0.272 e. The first-order chi connectivity index (χ1) is 10.7. The van der Waals surface area contributed by atoms with Gasteiger partial charge in [-0.05, 0) is 31.0 Å². The highest BCUT2D eigenvalue weighted by atomic mass is 16.5. The zero-order chi connectivity index (χ0) is 15.5. The molecule has 1 fully saturated rings. The van der Waals surface area contributed by atoms with E-state index in [0.717, 1.165) is 11.3 Å². The number of carbonyl (C=O) groups is 1. The van der Waals surface area contributed by atoms with Gasteiger partial charge in [0.15, 0.2) is 0 Å². The minimum Gasteiger partial charge on any atom is -0.497 e. The number of nitrogens with zero attached hydrogens (tertiary/aromatic N) is 1. The molecule has 1 aromatic carbocycles. The topological polar surface area (TPSA) is 76.2 Å². The number of hydrogen-bond donors (Lipinski definition) is 2. The molecule has 6 heteroatoms. The van der Waals surface area contributed by atoms with Crippen molar-refractivity contribution in [1.82, 2.24) is 15.5 Å². The maximum absolute atomic E-state index is 12.1. The molecule has 1 heterocycles. The lowest BCUT2D eigenvalue weighted by Gasteiger charge is -2.10. The molecule has 0 aliphatic heterocycles. The fourth-order valence-corrected chi connectivity index (χ4v) is 2.32. The number of ether oxygens (including phenoxy) is 2. The molecule has 116 valence electrons. The van der Waals surface area contributed by atoms with Gasteiger partial charge in [0.25, 0.3) is 5.91 Å². The highest BCUT2D eigenvalue weighted by Crippen LogP contribution is 2.38. The molecule has 3 rings (SSSR count). The first-order valence-corrected chi connectivity index (χ1v) is 7.25. The van der Waals surface area contributed by atoms with Crippen molar-refractivity contribution in [3.8, 4) is 11.5 Å². The van der Waals surface area contributed by atoms with Gasteiger partial charge in [-0.2, -0.15) is 5.10 Å². The number of nitrogens with one attached hydrogen (secondary N) is 2. The van der Waals surface area contributed by atoms with Crippen LogP contribution in [0.2, 0.25) is 0 Å². The summed E-state index contributed by atoms with van der Waals surface area (Å²) in [6.45, 7) is 0.373. The summed E-state index contributed by atoms with van der Waals surface area (Å²) in [5.41, 5.74) is 2.36. The molecule has 2 N–H and O–H groups in total. The molecule has 0 atom stereocenters. The Hall–Kier alpha value is -2.50. The molecule has 1 aliphatic rings. The quantitative estimate of drug-likeness (QED) is 0.858. The van der Waals surface area contributed by atoms with Gasteiger partial charge in [0, 0.05) is 29.8 Å². The predicted octanol–water partition coefficient (Wildman–Crippen LogP) is 2.23. The van der Waals surface area contributed by atoms with Crippen LogP contribution in [-0.4, -0.2) is 30.3 Å². The van der Waals surface area contributed by atoms with Crippen LogP contribution in [0.4, 0.5) is 0 Å². The Morgan fingerprint density at radius 2 is 2.14 bits per heavy atom. The van der Waals surface area contributed by atoms with Crippen LogP contribution in [0.25, 0.3) is 0 Å². The monoisotopic (exact) mass is 301 g/mol. The van der Waals surface area contributed by atoms with E-state index in [1.807, 2.05) is 18.2 Å². The Morgan fingerprint density at radius 3 is 2.82 bits per heavy atom. The van der Waals surface area contributed by atoms with Crippen LogP contribution in [0.3, 0.4) is 0 Å². The number of methoxy groups -OCH3 is 2. The average molecular weight is 301 g/mol. The van der Waals surface area contributed by atoms with E-state index in [0.29, 0.717) is 29.7 Å². The standard InChI is InChI=1S/C16H19N3O3/c1-21-12-6-5-11(15(7-12)22-2)9-17-16(20)14-8-13(18-19-14)10-3-4-10/h5-8,10H,3-4,9H2,1-2H3,(H,17,20)(H,18,19). The van der Waals surface area contributed by atoms with Crippen molar-refractivity contribution >= 4 is 5.91 Å². The molecule has 1 saturated carbocycles. The number of carbonyl (C=O) groups excluding carboxylic acids is 1. The highest BCUT2D eigenvalue weighted by molar-refractivity contribution is 5.92. The predicted molar refractivity (Wildman–Crippen MR) is 81.3 cm³/mol. The summed E-state index contributed by atoms with van der Waals surface area (Å²) in [7, 11) is 3.20. The number of H-pyrrole nitrogens is 1. The van der Waals surface area contributed by atoms with Crippen molar-refractivity contribution in [2.75, 3.05) is 14.2 Å². The first kappa shape index (κ1) is 14.4. The number of amides is 1. The molecular weight excluding hydrogens is 282 g/mol. The molecule has 1 aliphatic carbocycles. The lowest BCUT2D eigenvalue weighted by molar-refractivity contribution is 0.0945. The fourth-order valence-electron chi connectivity index (χ4n) is 2.32. The van der Waals surface area contributed by atoms with E-state index in [2.05, 4.69) is 15.5 Å². The maximum atomic E-state index is 12.1. The summed E-state index contributed by atoms with van der Waals surface area (Å²) in [5, 5.41) is 9.86. The summed E-state index contributed by atoms with van der Waals surface area (Å²) < 4.78 is 10.5. The molecular formula is C16H19N3O3. The highest BCUT2D eigenvalue weighted by Gasteiger charge is 2.26. The number of hydrogen-bond acceptors (Lipinski definition) is 4. The molecule has 1 amide bonds. The van der Waals surface area contributed by atoms with Crippen LogP contribution in [0.15, 0.2) is 24.3 Å². The van der Waals surface area contributed by atoms with Crippen LogP contribution in [-0.2, 0) is 6.54 Å². The fraction of sp³-hybridized carbons (Fsp3) is 0.375. The number of aromatic amines is 1. The van der Waals surface area contributed by atoms with E-state index in [1.165, 1.54) is 12.8 Å². The van der Waals surface area contributed by atoms with Gasteiger partial charge in [-0.1, -0.05) is 0 Å². The third-order valence-electron chi connectivity index (χ3n) is 3.78. The van der Waals surface area contributed by atoms with E-state index in [-0.39, 0.29) is 5.91 Å². The number of aromatic nitrogens is 2. The van der Waals surface area contributed by atoms with Gasteiger partial charge in [0.1, 0.15) is 17.2 Å². The normalized spacial score (nSPS) is 13.7. The van der Waals surface area contributed by atoms with Crippen LogP contribution in [0.1, 0.15) is 40.5 Å². The van der Waals surface area contributed by atoms with Crippen molar-refractivity contribution in [3.63, 3.8) is 0 Å². The molecule has 0 saturated heterocycles. The van der Waals surface area contributed by atoms with Crippen molar-refractivity contribution in [1.29, 1.82) is 0 Å². The Balaban J connectivity index is 1.64. The molecule has 6 nitrogen and oxygen atoms in total. The van der Waals surface area contributed by atoms with Crippen LogP contribution < -0.4 is 14.8 Å². The molecule has 0 spiro atoms. The Bertz CT molecular complexity index is 677. The van der Waals surface area contributed by atoms with E-state index in [9.17, 15) is 4.79 Å². The van der Waals surface area contributed by atoms with Gasteiger partial charge >= 0.3 is 0 Å². The van der Waals surface area contributed by atoms with Crippen molar-refractivity contribution in [2.24, 2.45) is 0 Å². The van der Waals surface area contributed by atoms with Gasteiger partial charge < -0.3 is 14.8 Å². The lowest BCUT2D eigenvalue weighted by Crippen LogP contribution is -2.23. The SMILES string of the molecule is COc1ccc(CNC(=O)c2cc(C3CC3)[nH]n2)c(OC)c1. The van der Waals surface area contributed by atoms with Gasteiger partial charge in [-0.25, -0.2) is 0 Å². The molecule has 22 heavy (non-hydrogen) atoms. The lowest BCUT2D eigenvalue weighted by atomic mass is 10.2. The Morgan fingerprint density at radius 1 is 1.32 bits per heavy atom. The van der Waals surface area contributed by atoms with Crippen LogP contribution >= 0.6 is 0 Å². The van der Waals surface area contributed by atoms with Crippen LogP contribution in [0.5, 0.6) is 11.5 Å². The van der Waals surface area contributed by atoms with E-state index in [1.54, 1.807) is 20.3 Å². The second kappa shape index (κ2) is 6.09. The second-order valence-corrected chi connectivity index (χ2v) is 5.34. The number of benzene rings is 1. The Kier molecular flexibility index (Phi) is 4.00. The first-order valence-electron chi connectivity index (χ1n) is 7.25. The van der Waals surface area contributed by atoms with Gasteiger partial charge in [0.2, 0.25) is 0 Å². The van der Waals surface area contributed by atoms with Gasteiger partial charge in [0.05, 0.1) is 14.2 Å². The summed E-state index contributed by atoms with van der Waals surface area (Å²) in [6.07, 6.45) is 2.35. The molecule has 1 aromatic heterocycles. The van der Waals surface area contributed by atoms with E-state index < -0.39 is 0 Å². The largest absolute Gasteiger partial charge is 0.497 e. The van der Waals surface area contributed by atoms with Crippen molar-refractivity contribution in [2.45, 2.75) is 25.3 Å². The van der Waals surface area contributed by atoms with E-state index >= 15 is 0 Å². The molecule has 0 unspecified atom stereocenters. The minimum absolute atomic E-state index is 0.193. The molecule has 2 aromatic rings. The third-order valence-corrected chi connectivity index (χ3v) is 3.78. The van der Waals surface area contributed by atoms with Gasteiger partial charge in [-0.3, -0.25) is 9.89 Å². The summed E-state index contributed by atoms with van der Waals surface area (Å²) in [5.74, 6) is 1.76.